The van der Waals surface area contributed by atoms with Gasteiger partial charge in [-0.3, -0.25) is 0 Å². The third-order valence-electron chi connectivity index (χ3n) is 8.62. The Balaban J connectivity index is 1.38. The first-order valence-corrected chi connectivity index (χ1v) is 14.3. The van der Waals surface area contributed by atoms with E-state index in [9.17, 15) is 0 Å². The number of fused-ring (bicyclic) bond motifs is 4. The molecule has 0 amide bonds. The summed E-state index contributed by atoms with van der Waals surface area (Å²) in [6, 6.07) is 55.6. The van der Waals surface area contributed by atoms with Crippen LogP contribution in [0.1, 0.15) is 5.56 Å². The summed E-state index contributed by atoms with van der Waals surface area (Å²) in [4.78, 5) is 0. The molecule has 0 heterocycles. The quantitative estimate of drug-likeness (QED) is 0.203. The second kappa shape index (κ2) is 9.47. The van der Waals surface area contributed by atoms with E-state index in [1.807, 2.05) is 0 Å². The van der Waals surface area contributed by atoms with E-state index in [1.165, 1.54) is 82.0 Å². The first kappa shape index (κ1) is 23.7. The molecule has 41 heavy (non-hydrogen) atoms. The van der Waals surface area contributed by atoms with E-state index in [-0.39, 0.29) is 0 Å². The minimum atomic E-state index is 1.24. The summed E-state index contributed by atoms with van der Waals surface area (Å²) >= 11 is 0. The van der Waals surface area contributed by atoms with Crippen LogP contribution in [0.3, 0.4) is 0 Å². The molecule has 0 heteroatoms. The van der Waals surface area contributed by atoms with Crippen LogP contribution in [0.5, 0.6) is 0 Å². The Labute approximate surface area is 240 Å². The minimum absolute atomic E-state index is 1.24. The first-order valence-electron chi connectivity index (χ1n) is 14.3. The molecular weight excluding hydrogens is 492 g/mol. The highest BCUT2D eigenvalue weighted by molar-refractivity contribution is 6.23. The molecular formula is C41H28. The van der Waals surface area contributed by atoms with Crippen molar-refractivity contribution in [2.24, 2.45) is 0 Å². The van der Waals surface area contributed by atoms with Crippen LogP contribution in [0.25, 0.3) is 76.5 Å². The van der Waals surface area contributed by atoms with Crippen LogP contribution >= 0.6 is 0 Å². The molecule has 0 aliphatic rings. The Morgan fingerprint density at radius 3 is 1.44 bits per heavy atom. The van der Waals surface area contributed by atoms with Gasteiger partial charge in [-0.1, -0.05) is 152 Å². The zero-order valence-corrected chi connectivity index (χ0v) is 22.9. The maximum Gasteiger partial charge on any atom is -0.00201 e. The van der Waals surface area contributed by atoms with Crippen LogP contribution in [-0.4, -0.2) is 0 Å². The van der Waals surface area contributed by atoms with Crippen LogP contribution in [0.4, 0.5) is 0 Å². The van der Waals surface area contributed by atoms with E-state index >= 15 is 0 Å². The maximum absolute atomic E-state index is 2.30. The largest absolute Gasteiger partial charge is 0.0616 e. The predicted octanol–water partition coefficient (Wildman–Crippen LogP) is 11.6. The molecule has 192 valence electrons. The van der Waals surface area contributed by atoms with Crippen molar-refractivity contribution in [2.75, 3.05) is 0 Å². The van der Waals surface area contributed by atoms with Crippen molar-refractivity contribution >= 4 is 43.1 Å². The van der Waals surface area contributed by atoms with Crippen LogP contribution < -0.4 is 0 Å². The van der Waals surface area contributed by atoms with Gasteiger partial charge in [-0.25, -0.2) is 0 Å². The molecule has 0 saturated heterocycles. The normalized spacial score (nSPS) is 11.5. The Kier molecular flexibility index (Phi) is 5.47. The molecule has 8 aromatic carbocycles. The third-order valence-corrected chi connectivity index (χ3v) is 8.62. The van der Waals surface area contributed by atoms with Gasteiger partial charge in [0.15, 0.2) is 0 Å². The van der Waals surface area contributed by atoms with Crippen molar-refractivity contribution < 1.29 is 0 Å². The second-order valence-corrected chi connectivity index (χ2v) is 10.9. The van der Waals surface area contributed by atoms with Gasteiger partial charge < -0.3 is 0 Å². The Morgan fingerprint density at radius 2 is 0.780 bits per heavy atom. The van der Waals surface area contributed by atoms with Crippen molar-refractivity contribution in [2.45, 2.75) is 6.92 Å². The molecule has 0 N–H and O–H groups in total. The van der Waals surface area contributed by atoms with E-state index in [2.05, 4.69) is 159 Å². The molecule has 0 fully saturated rings. The van der Waals surface area contributed by atoms with Gasteiger partial charge in [0.1, 0.15) is 0 Å². The Hall–Kier alpha value is -5.20. The summed E-state index contributed by atoms with van der Waals surface area (Å²) in [6.45, 7) is 2.19. The van der Waals surface area contributed by atoms with Crippen LogP contribution in [-0.2, 0) is 0 Å². The number of rotatable bonds is 3. The van der Waals surface area contributed by atoms with Gasteiger partial charge in [0.25, 0.3) is 0 Å². The smallest absolute Gasteiger partial charge is 0.00201 e. The monoisotopic (exact) mass is 520 g/mol. The van der Waals surface area contributed by atoms with Crippen molar-refractivity contribution in [1.29, 1.82) is 0 Å². The van der Waals surface area contributed by atoms with Gasteiger partial charge >= 0.3 is 0 Å². The standard InChI is InChI=1S/C41H28/c1-27-21-26-33(34-15-5-4-13-31(27)34)29-22-24-30(25-23-29)40-36-16-6-8-18-38(36)41(39-19-9-7-17-37(39)40)35-20-10-12-28-11-2-3-14-32(28)35/h2-26H,1H3. The zero-order chi connectivity index (χ0) is 27.3. The van der Waals surface area contributed by atoms with Gasteiger partial charge in [-0.15, -0.1) is 0 Å². The molecule has 0 aliphatic heterocycles. The molecule has 0 spiro atoms. The summed E-state index contributed by atoms with van der Waals surface area (Å²) < 4.78 is 0. The minimum Gasteiger partial charge on any atom is -0.0616 e. The van der Waals surface area contributed by atoms with Crippen LogP contribution in [0.2, 0.25) is 0 Å². The molecule has 8 rings (SSSR count). The molecule has 0 nitrogen and oxygen atoms in total. The first-order chi connectivity index (χ1) is 20.3. The lowest BCUT2D eigenvalue weighted by atomic mass is 9.84. The summed E-state index contributed by atoms with van der Waals surface area (Å²) in [5.41, 5.74) is 8.94. The highest BCUT2D eigenvalue weighted by Crippen LogP contribution is 2.45. The lowest BCUT2D eigenvalue weighted by Crippen LogP contribution is -1.91. The number of hydrogen-bond acceptors (Lipinski definition) is 0. The lowest BCUT2D eigenvalue weighted by molar-refractivity contribution is 1.52. The van der Waals surface area contributed by atoms with Gasteiger partial charge in [0.2, 0.25) is 0 Å². The SMILES string of the molecule is Cc1ccc(-c2ccc(-c3c4ccccc4c(-c4cccc5ccccc45)c4ccccc34)cc2)c2ccccc12. The third kappa shape index (κ3) is 3.76. The van der Waals surface area contributed by atoms with Crippen LogP contribution in [0, 0.1) is 6.92 Å². The Bertz CT molecular complexity index is 2190. The highest BCUT2D eigenvalue weighted by Gasteiger charge is 2.18. The molecule has 0 atom stereocenters. The van der Waals surface area contributed by atoms with E-state index in [0.29, 0.717) is 0 Å². The van der Waals surface area contributed by atoms with E-state index in [4.69, 9.17) is 0 Å². The molecule has 0 saturated carbocycles. The van der Waals surface area contributed by atoms with Crippen molar-refractivity contribution in [3.05, 3.63) is 157 Å². The molecule has 0 aromatic heterocycles. The summed E-state index contributed by atoms with van der Waals surface area (Å²) in [5, 5.41) is 10.3. The van der Waals surface area contributed by atoms with Crippen molar-refractivity contribution in [3.63, 3.8) is 0 Å². The average Bonchev–Trinajstić information content (AvgIpc) is 3.04. The highest BCUT2D eigenvalue weighted by atomic mass is 14.2. The van der Waals surface area contributed by atoms with E-state index < -0.39 is 0 Å². The van der Waals surface area contributed by atoms with Crippen molar-refractivity contribution in [3.8, 4) is 33.4 Å². The fraction of sp³-hybridized carbons (Fsp3) is 0.0244. The Morgan fingerprint density at radius 1 is 0.293 bits per heavy atom. The predicted molar refractivity (Wildman–Crippen MR) is 178 cm³/mol. The van der Waals surface area contributed by atoms with Gasteiger partial charge in [0.05, 0.1) is 0 Å². The fourth-order valence-electron chi connectivity index (χ4n) is 6.69. The summed E-state index contributed by atoms with van der Waals surface area (Å²) in [5.74, 6) is 0. The molecule has 0 aliphatic carbocycles. The lowest BCUT2D eigenvalue weighted by Gasteiger charge is -2.19. The fourth-order valence-corrected chi connectivity index (χ4v) is 6.69. The molecule has 0 unspecified atom stereocenters. The number of aryl methyl sites for hydroxylation is 1. The maximum atomic E-state index is 2.30. The zero-order valence-electron chi connectivity index (χ0n) is 22.9. The number of hydrogen-bond donors (Lipinski definition) is 0. The molecule has 0 bridgehead atoms. The molecule has 0 radical (unpaired) electrons. The second-order valence-electron chi connectivity index (χ2n) is 10.9. The van der Waals surface area contributed by atoms with Gasteiger partial charge in [-0.2, -0.15) is 0 Å². The average molecular weight is 521 g/mol. The van der Waals surface area contributed by atoms with E-state index in [0.717, 1.165) is 0 Å². The van der Waals surface area contributed by atoms with Gasteiger partial charge in [0, 0.05) is 0 Å². The van der Waals surface area contributed by atoms with Crippen molar-refractivity contribution in [1.82, 2.24) is 0 Å². The molecule has 8 aromatic rings. The van der Waals surface area contributed by atoms with Gasteiger partial charge in [-0.05, 0) is 89.0 Å². The topological polar surface area (TPSA) is 0 Å². The summed E-state index contributed by atoms with van der Waals surface area (Å²) in [6.07, 6.45) is 0. The van der Waals surface area contributed by atoms with Crippen LogP contribution in [0.15, 0.2) is 152 Å². The number of benzene rings is 8. The van der Waals surface area contributed by atoms with E-state index in [1.54, 1.807) is 0 Å². The summed E-state index contributed by atoms with van der Waals surface area (Å²) in [7, 11) is 0.